The van der Waals surface area contributed by atoms with Gasteiger partial charge in [0.15, 0.2) is 0 Å². The quantitative estimate of drug-likeness (QED) is 0.551. The minimum Gasteiger partial charge on any atom is -0.352 e. The van der Waals surface area contributed by atoms with Gasteiger partial charge in [0.2, 0.25) is 5.84 Å². The number of amidine groups is 1. The van der Waals surface area contributed by atoms with Crippen molar-refractivity contribution < 1.29 is 9.59 Å². The van der Waals surface area contributed by atoms with Gasteiger partial charge in [0.25, 0.3) is 5.78 Å². The minimum atomic E-state index is -0.554. The molecular formula is C8H13N3O2. The zero-order valence-electron chi connectivity index (χ0n) is 8.07. The number of carbonyl (C=O) groups is 2. The number of amides is 1. The average molecular weight is 183 g/mol. The molecule has 0 aliphatic carbocycles. The lowest BCUT2D eigenvalue weighted by atomic mass is 10.3. The van der Waals surface area contributed by atoms with Crippen molar-refractivity contribution in [3.8, 4) is 0 Å². The van der Waals surface area contributed by atoms with Gasteiger partial charge in [-0.05, 0) is 13.8 Å². The molecule has 0 aromatic heterocycles. The monoisotopic (exact) mass is 183 g/mol. The highest BCUT2D eigenvalue weighted by molar-refractivity contribution is 6.65. The van der Waals surface area contributed by atoms with Crippen molar-refractivity contribution in [2.75, 3.05) is 20.1 Å². The average Bonchev–Trinajstić information content (AvgIpc) is 2.36. The third-order valence-corrected chi connectivity index (χ3v) is 2.00. The van der Waals surface area contributed by atoms with Crippen LogP contribution in [0.25, 0.3) is 0 Å². The lowest BCUT2D eigenvalue weighted by Gasteiger charge is -2.17. The van der Waals surface area contributed by atoms with Gasteiger partial charge in [-0.1, -0.05) is 0 Å². The fraction of sp³-hybridized carbons (Fsp3) is 0.625. The molecule has 0 radical (unpaired) electrons. The molecule has 0 spiro atoms. The third kappa shape index (κ3) is 1.54. The molecule has 0 aromatic carbocycles. The summed E-state index contributed by atoms with van der Waals surface area (Å²) in [6.07, 6.45) is 0. The first-order valence-corrected chi connectivity index (χ1v) is 4.27. The van der Waals surface area contributed by atoms with E-state index >= 15 is 0 Å². The molecule has 1 amide bonds. The Morgan fingerprint density at radius 3 is 2.15 bits per heavy atom. The Balaban J connectivity index is 2.87. The van der Waals surface area contributed by atoms with Gasteiger partial charge in [0.1, 0.15) is 0 Å². The van der Waals surface area contributed by atoms with Crippen molar-refractivity contribution in [1.29, 1.82) is 0 Å². The van der Waals surface area contributed by atoms with E-state index in [1.165, 1.54) is 7.05 Å². The molecule has 0 fully saturated rings. The van der Waals surface area contributed by atoms with Crippen LogP contribution >= 0.6 is 0 Å². The van der Waals surface area contributed by atoms with Gasteiger partial charge < -0.3 is 4.90 Å². The smallest absolute Gasteiger partial charge is 0.318 e. The van der Waals surface area contributed by atoms with Crippen molar-refractivity contribution in [2.24, 2.45) is 5.10 Å². The lowest BCUT2D eigenvalue weighted by Crippen LogP contribution is -2.36. The highest BCUT2D eigenvalue weighted by Crippen LogP contribution is 2.05. The van der Waals surface area contributed by atoms with Crippen LogP contribution in [0.5, 0.6) is 0 Å². The molecule has 13 heavy (non-hydrogen) atoms. The van der Waals surface area contributed by atoms with E-state index < -0.39 is 11.7 Å². The Morgan fingerprint density at radius 1 is 1.31 bits per heavy atom. The number of hydrogen-bond acceptors (Lipinski definition) is 4. The van der Waals surface area contributed by atoms with Crippen LogP contribution in [-0.4, -0.2) is 47.6 Å². The highest BCUT2D eigenvalue weighted by Gasteiger charge is 2.33. The van der Waals surface area contributed by atoms with E-state index in [1.54, 1.807) is 4.90 Å². The predicted octanol–water partition coefficient (Wildman–Crippen LogP) is -0.317. The van der Waals surface area contributed by atoms with Gasteiger partial charge in [-0.25, -0.2) is 5.01 Å². The fourth-order valence-electron chi connectivity index (χ4n) is 1.21. The molecule has 0 atom stereocenters. The van der Waals surface area contributed by atoms with Crippen molar-refractivity contribution in [1.82, 2.24) is 9.91 Å². The maximum atomic E-state index is 11.3. The molecule has 0 aromatic rings. The summed E-state index contributed by atoms with van der Waals surface area (Å²) in [5.41, 5.74) is 0. The standard InChI is InChI=1S/C8H13N3O2/c1-4-11(5-2)7-6(12)8(13)10(3)9-7/h4-5H2,1-3H3. The van der Waals surface area contributed by atoms with E-state index in [0.717, 1.165) is 5.01 Å². The van der Waals surface area contributed by atoms with Crippen LogP contribution in [0, 0.1) is 0 Å². The van der Waals surface area contributed by atoms with Gasteiger partial charge in [0, 0.05) is 20.1 Å². The van der Waals surface area contributed by atoms with Crippen LogP contribution in [0.2, 0.25) is 0 Å². The molecule has 1 rings (SSSR count). The van der Waals surface area contributed by atoms with Crippen LogP contribution < -0.4 is 0 Å². The zero-order chi connectivity index (χ0) is 10.0. The van der Waals surface area contributed by atoms with Crippen LogP contribution in [0.4, 0.5) is 0 Å². The maximum absolute atomic E-state index is 11.3. The van der Waals surface area contributed by atoms with Gasteiger partial charge in [-0.15, -0.1) is 5.10 Å². The molecule has 0 unspecified atom stereocenters. The molecule has 72 valence electrons. The summed E-state index contributed by atoms with van der Waals surface area (Å²) >= 11 is 0. The fourth-order valence-corrected chi connectivity index (χ4v) is 1.21. The van der Waals surface area contributed by atoms with Crippen LogP contribution in [0.15, 0.2) is 5.10 Å². The number of carbonyl (C=O) groups excluding carboxylic acids is 2. The van der Waals surface area contributed by atoms with Crippen LogP contribution in [0.3, 0.4) is 0 Å². The topological polar surface area (TPSA) is 53.0 Å². The van der Waals surface area contributed by atoms with Crippen LogP contribution in [0.1, 0.15) is 13.8 Å². The number of hydrazone groups is 1. The number of ketones is 1. The number of likely N-dealkylation sites (N-methyl/N-ethyl adjacent to an activating group) is 2. The third-order valence-electron chi connectivity index (χ3n) is 2.00. The molecule has 1 aliphatic rings. The van der Waals surface area contributed by atoms with E-state index in [-0.39, 0.29) is 5.84 Å². The van der Waals surface area contributed by atoms with Gasteiger partial charge in [-0.3, -0.25) is 9.59 Å². The van der Waals surface area contributed by atoms with Gasteiger partial charge >= 0.3 is 5.91 Å². The summed E-state index contributed by atoms with van der Waals surface area (Å²) in [6, 6.07) is 0. The Hall–Kier alpha value is -1.39. The summed E-state index contributed by atoms with van der Waals surface area (Å²) in [4.78, 5) is 24.2. The molecule has 1 heterocycles. The summed E-state index contributed by atoms with van der Waals surface area (Å²) in [5.74, 6) is -0.800. The summed E-state index contributed by atoms with van der Waals surface area (Å²) in [7, 11) is 1.48. The van der Waals surface area contributed by atoms with Crippen molar-refractivity contribution in [3.63, 3.8) is 0 Å². The molecular weight excluding hydrogens is 170 g/mol. The molecule has 5 heteroatoms. The number of rotatable bonds is 2. The van der Waals surface area contributed by atoms with Crippen LogP contribution in [-0.2, 0) is 9.59 Å². The Labute approximate surface area is 77.0 Å². The van der Waals surface area contributed by atoms with E-state index in [0.29, 0.717) is 13.1 Å². The second kappa shape index (κ2) is 3.55. The molecule has 0 saturated heterocycles. The first kappa shape index (κ1) is 9.70. The molecule has 0 saturated carbocycles. The number of hydrogen-bond donors (Lipinski definition) is 0. The Bertz CT molecular complexity index is 269. The van der Waals surface area contributed by atoms with Gasteiger partial charge in [-0.2, -0.15) is 0 Å². The maximum Gasteiger partial charge on any atom is 0.318 e. The normalized spacial score (nSPS) is 16.5. The highest BCUT2D eigenvalue weighted by atomic mass is 16.2. The first-order valence-electron chi connectivity index (χ1n) is 4.27. The zero-order valence-corrected chi connectivity index (χ0v) is 8.07. The van der Waals surface area contributed by atoms with E-state index in [4.69, 9.17) is 0 Å². The van der Waals surface area contributed by atoms with E-state index in [9.17, 15) is 9.59 Å². The molecule has 5 nitrogen and oxygen atoms in total. The second-order valence-corrected chi connectivity index (χ2v) is 2.75. The van der Waals surface area contributed by atoms with Gasteiger partial charge in [0.05, 0.1) is 0 Å². The largest absolute Gasteiger partial charge is 0.352 e. The minimum absolute atomic E-state index is 0.262. The Morgan fingerprint density at radius 2 is 1.85 bits per heavy atom. The summed E-state index contributed by atoms with van der Waals surface area (Å²) in [6.45, 7) is 5.20. The SMILES string of the molecule is CCN(CC)C1=NN(C)C(=O)C1=O. The molecule has 0 N–H and O–H groups in total. The van der Waals surface area contributed by atoms with Crippen molar-refractivity contribution >= 4 is 17.5 Å². The Kier molecular flexibility index (Phi) is 2.65. The summed E-state index contributed by atoms with van der Waals surface area (Å²) < 4.78 is 0. The van der Waals surface area contributed by atoms with Crippen molar-refractivity contribution in [2.45, 2.75) is 13.8 Å². The molecule has 1 aliphatic heterocycles. The summed E-state index contributed by atoms with van der Waals surface area (Å²) in [5, 5.41) is 4.95. The number of nitrogens with zero attached hydrogens (tertiary/aromatic N) is 3. The van der Waals surface area contributed by atoms with E-state index in [1.807, 2.05) is 13.8 Å². The van der Waals surface area contributed by atoms with E-state index in [2.05, 4.69) is 5.10 Å². The molecule has 0 bridgehead atoms. The second-order valence-electron chi connectivity index (χ2n) is 2.75. The predicted molar refractivity (Wildman–Crippen MR) is 48.1 cm³/mol. The lowest BCUT2D eigenvalue weighted by molar-refractivity contribution is -0.138. The van der Waals surface area contributed by atoms with Crippen molar-refractivity contribution in [3.05, 3.63) is 0 Å². The number of Topliss-reactive ketones (excluding diaryl/α,β-unsaturated/α-hetero) is 1. The first-order chi connectivity index (χ1) is 6.11.